The van der Waals surface area contributed by atoms with Crippen LogP contribution in [0, 0.1) is 11.8 Å². The van der Waals surface area contributed by atoms with E-state index in [4.69, 9.17) is 2.74 Å². The molecule has 0 aromatic carbocycles. The molecule has 0 rings (SSSR count). The van der Waals surface area contributed by atoms with E-state index in [0.29, 0.717) is 18.7 Å². The van der Waals surface area contributed by atoms with Crippen LogP contribution in [-0.2, 0) is 0 Å². The predicted molar refractivity (Wildman–Crippen MR) is 51.7 cm³/mol. The fraction of sp³-hybridized carbons (Fsp3) is 0.800. The zero-order valence-electron chi connectivity index (χ0n) is 9.64. The molecule has 1 nitrogen and oxygen atoms in total. The molecule has 0 aliphatic rings. The zero-order valence-corrected chi connectivity index (χ0v) is 7.64. The quantitative estimate of drug-likeness (QED) is 0.461. The Balaban J connectivity index is 3.59. The van der Waals surface area contributed by atoms with Crippen LogP contribution in [0.3, 0.4) is 0 Å². The Bertz CT molecular complexity index is 137. The first-order valence-electron chi connectivity index (χ1n) is 5.58. The van der Waals surface area contributed by atoms with Crippen LogP contribution in [0.25, 0.3) is 0 Å². The molecule has 0 heterocycles. The van der Waals surface area contributed by atoms with Crippen molar-refractivity contribution in [3.05, 3.63) is 12.6 Å². The smallest absolute Gasteiger partial charge is 0.0535 e. The van der Waals surface area contributed by atoms with Crippen LogP contribution in [0.4, 0.5) is 0 Å². The Kier molecular flexibility index (Phi) is 4.29. The first-order chi connectivity index (χ1) is 6.26. The Morgan fingerprint density at radius 2 is 2.55 bits per heavy atom. The summed E-state index contributed by atoms with van der Waals surface area (Å²) in [5, 5.41) is 3.23. The molecule has 2 unspecified atom stereocenters. The highest BCUT2D eigenvalue weighted by molar-refractivity contribution is 4.71. The molecule has 0 saturated carbocycles. The lowest BCUT2D eigenvalue weighted by Crippen LogP contribution is -2.24. The van der Waals surface area contributed by atoms with Gasteiger partial charge in [-0.1, -0.05) is 33.2 Å². The van der Waals surface area contributed by atoms with Gasteiger partial charge in [-0.05, 0) is 18.4 Å². The Morgan fingerprint density at radius 1 is 1.73 bits per heavy atom. The normalized spacial score (nSPS) is 19.5. The molecular formula is C10H21N. The molecule has 2 atom stereocenters. The Hall–Kier alpha value is -0.300. The van der Waals surface area contributed by atoms with E-state index < -0.39 is 0 Å². The van der Waals surface area contributed by atoms with Crippen LogP contribution >= 0.6 is 0 Å². The minimum absolute atomic E-state index is 0.448. The molecule has 11 heavy (non-hydrogen) atoms. The Morgan fingerprint density at radius 3 is 3.09 bits per heavy atom. The largest absolute Gasteiger partial charge is 0.313 e. The van der Waals surface area contributed by atoms with Gasteiger partial charge in [0, 0.05) is 7.92 Å². The average Bonchev–Trinajstić information content (AvgIpc) is 2.17. The summed E-state index contributed by atoms with van der Waals surface area (Å²) in [5.74, 6) is 1.06. The summed E-state index contributed by atoms with van der Waals surface area (Å²) in [6.07, 6.45) is 2.91. The molecule has 0 bridgehead atoms. The molecule has 1 N–H and O–H groups in total. The second kappa shape index (κ2) is 6.41. The van der Waals surface area contributed by atoms with E-state index in [0.717, 1.165) is 19.5 Å². The van der Waals surface area contributed by atoms with Crippen LogP contribution in [0.2, 0.25) is 0 Å². The lowest BCUT2D eigenvalue weighted by atomic mass is 9.94. The monoisotopic (exact) mass is 157 g/mol. The van der Waals surface area contributed by atoms with E-state index in [9.17, 15) is 0 Å². The van der Waals surface area contributed by atoms with Crippen molar-refractivity contribution in [2.75, 3.05) is 13.1 Å². The van der Waals surface area contributed by atoms with E-state index >= 15 is 0 Å². The molecule has 0 aliphatic heterocycles. The van der Waals surface area contributed by atoms with Gasteiger partial charge in [0.2, 0.25) is 0 Å². The summed E-state index contributed by atoms with van der Waals surface area (Å²) in [7, 11) is 0. The molecule has 0 aromatic rings. The number of hydrogen-bond acceptors (Lipinski definition) is 1. The number of hydrogen-bond donors (Lipinski definition) is 1. The van der Waals surface area contributed by atoms with E-state index in [1.165, 1.54) is 6.55 Å². The summed E-state index contributed by atoms with van der Waals surface area (Å²) >= 11 is 0. The third-order valence-electron chi connectivity index (χ3n) is 2.12. The van der Waals surface area contributed by atoms with Gasteiger partial charge in [0.05, 0.1) is 1.37 Å². The van der Waals surface area contributed by atoms with Crippen LogP contribution < -0.4 is 5.32 Å². The maximum Gasteiger partial charge on any atom is 0.0535 e. The van der Waals surface area contributed by atoms with Crippen LogP contribution in [0.15, 0.2) is 12.6 Å². The second-order valence-corrected chi connectivity index (χ2v) is 3.04. The van der Waals surface area contributed by atoms with E-state index in [-0.39, 0.29) is 0 Å². The number of nitrogens with one attached hydrogen (secondary N) is 1. The van der Waals surface area contributed by atoms with Gasteiger partial charge < -0.3 is 5.32 Å². The number of rotatable bonds is 6. The van der Waals surface area contributed by atoms with Crippen molar-refractivity contribution in [3.63, 3.8) is 0 Å². The molecule has 0 spiro atoms. The maximum atomic E-state index is 7.38. The fourth-order valence-corrected chi connectivity index (χ4v) is 0.887. The SMILES string of the molecule is [2H]C=CCNCC(C[2H])C(C)CC. The van der Waals surface area contributed by atoms with Gasteiger partial charge in [-0.15, -0.1) is 6.55 Å². The van der Waals surface area contributed by atoms with Gasteiger partial charge in [0.25, 0.3) is 0 Å². The molecule has 0 saturated heterocycles. The topological polar surface area (TPSA) is 12.0 Å². The van der Waals surface area contributed by atoms with Gasteiger partial charge in [0.15, 0.2) is 0 Å². The van der Waals surface area contributed by atoms with Gasteiger partial charge in [-0.3, -0.25) is 0 Å². The van der Waals surface area contributed by atoms with Gasteiger partial charge in [-0.25, -0.2) is 0 Å². The molecular weight excluding hydrogens is 134 g/mol. The van der Waals surface area contributed by atoms with Crippen molar-refractivity contribution < 1.29 is 2.74 Å². The third kappa shape index (κ3) is 5.02. The lowest BCUT2D eigenvalue weighted by molar-refractivity contribution is 0.363. The van der Waals surface area contributed by atoms with E-state index in [1.807, 2.05) is 0 Å². The van der Waals surface area contributed by atoms with Crippen molar-refractivity contribution in [3.8, 4) is 0 Å². The van der Waals surface area contributed by atoms with Crippen molar-refractivity contribution in [2.24, 2.45) is 11.8 Å². The summed E-state index contributed by atoms with van der Waals surface area (Å²) in [6.45, 7) is 7.79. The van der Waals surface area contributed by atoms with Crippen molar-refractivity contribution in [1.29, 1.82) is 0 Å². The van der Waals surface area contributed by atoms with E-state index in [2.05, 4.69) is 19.2 Å². The third-order valence-corrected chi connectivity index (χ3v) is 2.12. The summed E-state index contributed by atoms with van der Waals surface area (Å²) in [5.41, 5.74) is 0. The molecule has 0 fully saturated rings. The molecule has 0 radical (unpaired) electrons. The van der Waals surface area contributed by atoms with Crippen molar-refractivity contribution in [2.45, 2.75) is 27.2 Å². The van der Waals surface area contributed by atoms with Crippen molar-refractivity contribution in [1.82, 2.24) is 5.32 Å². The molecule has 0 aliphatic carbocycles. The molecule has 1 heteroatoms. The molecule has 66 valence electrons. The lowest BCUT2D eigenvalue weighted by Gasteiger charge is -2.17. The summed E-state index contributed by atoms with van der Waals surface area (Å²) in [4.78, 5) is 0. The summed E-state index contributed by atoms with van der Waals surface area (Å²) < 4.78 is 14.2. The zero-order chi connectivity index (χ0) is 10.1. The fourth-order valence-electron chi connectivity index (χ4n) is 0.887. The standard InChI is InChI=1S/C10H21N/c1-5-7-11-8-10(4)9(3)6-2/h5,9-11H,1,6-8H2,2-4H3/i1D,4D. The highest BCUT2D eigenvalue weighted by Gasteiger charge is 2.08. The second-order valence-electron chi connectivity index (χ2n) is 3.04. The highest BCUT2D eigenvalue weighted by Crippen LogP contribution is 2.12. The first kappa shape index (κ1) is 7.35. The van der Waals surface area contributed by atoms with Crippen LogP contribution in [0.1, 0.15) is 29.9 Å². The average molecular weight is 157 g/mol. The van der Waals surface area contributed by atoms with Gasteiger partial charge in [-0.2, -0.15) is 0 Å². The minimum atomic E-state index is 0.448. The maximum absolute atomic E-state index is 7.38. The minimum Gasteiger partial charge on any atom is -0.313 e. The summed E-state index contributed by atoms with van der Waals surface area (Å²) in [6, 6.07) is 0. The molecule has 0 amide bonds. The Labute approximate surface area is 73.7 Å². The first-order valence-corrected chi connectivity index (χ1v) is 4.29. The van der Waals surface area contributed by atoms with Crippen LogP contribution in [-0.4, -0.2) is 13.1 Å². The van der Waals surface area contributed by atoms with Crippen LogP contribution in [0.5, 0.6) is 0 Å². The van der Waals surface area contributed by atoms with Gasteiger partial charge in [0.1, 0.15) is 0 Å². The van der Waals surface area contributed by atoms with E-state index in [1.54, 1.807) is 6.08 Å². The van der Waals surface area contributed by atoms with Crippen molar-refractivity contribution >= 4 is 0 Å². The van der Waals surface area contributed by atoms with Gasteiger partial charge >= 0.3 is 0 Å². The predicted octanol–water partition coefficient (Wildman–Crippen LogP) is 2.44. The highest BCUT2D eigenvalue weighted by atomic mass is 14.8. The molecule has 0 aromatic heterocycles.